The molecule has 29 heavy (non-hydrogen) atoms. The van der Waals surface area contributed by atoms with Crippen molar-refractivity contribution in [1.82, 2.24) is 15.2 Å². The number of amides is 1. The summed E-state index contributed by atoms with van der Waals surface area (Å²) in [7, 11) is 0. The molecule has 0 unspecified atom stereocenters. The summed E-state index contributed by atoms with van der Waals surface area (Å²) in [5, 5.41) is 3.07. The fraction of sp³-hybridized carbons (Fsp3) is 0.478. The lowest BCUT2D eigenvalue weighted by Gasteiger charge is -2.18. The highest BCUT2D eigenvalue weighted by atomic mass is 16.6. The molecule has 0 bridgehead atoms. The van der Waals surface area contributed by atoms with Crippen molar-refractivity contribution in [3.63, 3.8) is 0 Å². The molecule has 3 heterocycles. The summed E-state index contributed by atoms with van der Waals surface area (Å²) in [6.45, 7) is 9.68. The molecular weight excluding hydrogens is 366 g/mol. The molecule has 1 fully saturated rings. The Hall–Kier alpha value is -2.60. The van der Waals surface area contributed by atoms with Crippen LogP contribution in [0.25, 0.3) is 11.3 Å². The number of nitrogens with one attached hydrogen (secondary N) is 1. The van der Waals surface area contributed by atoms with Crippen molar-refractivity contribution in [2.75, 3.05) is 39.4 Å². The van der Waals surface area contributed by atoms with Gasteiger partial charge in [-0.1, -0.05) is 13.8 Å². The van der Waals surface area contributed by atoms with Crippen molar-refractivity contribution in [3.05, 3.63) is 42.1 Å². The van der Waals surface area contributed by atoms with Gasteiger partial charge in [0.25, 0.3) is 5.91 Å². The highest BCUT2D eigenvalue weighted by Crippen LogP contribution is 2.33. The summed E-state index contributed by atoms with van der Waals surface area (Å²) < 4.78 is 11.2. The van der Waals surface area contributed by atoms with Crippen LogP contribution in [0, 0.1) is 11.8 Å². The largest absolute Gasteiger partial charge is 0.486 e. The van der Waals surface area contributed by atoms with Crippen LogP contribution in [0.3, 0.4) is 0 Å². The smallest absolute Gasteiger partial charge is 0.252 e. The monoisotopic (exact) mass is 395 g/mol. The van der Waals surface area contributed by atoms with Crippen molar-refractivity contribution in [2.45, 2.75) is 20.3 Å². The maximum absolute atomic E-state index is 12.5. The lowest BCUT2D eigenvalue weighted by atomic mass is 10.1. The molecule has 6 nitrogen and oxygen atoms in total. The highest BCUT2D eigenvalue weighted by Gasteiger charge is 2.23. The minimum atomic E-state index is -0.0615. The van der Waals surface area contributed by atoms with Gasteiger partial charge in [0.15, 0.2) is 11.5 Å². The van der Waals surface area contributed by atoms with E-state index in [1.54, 1.807) is 6.20 Å². The first-order chi connectivity index (χ1) is 14.1. The molecule has 2 aromatic rings. The molecule has 1 aromatic heterocycles. The lowest BCUT2D eigenvalue weighted by molar-refractivity contribution is 0.0947. The van der Waals surface area contributed by atoms with Crippen molar-refractivity contribution in [2.24, 2.45) is 11.8 Å². The van der Waals surface area contributed by atoms with Gasteiger partial charge < -0.3 is 19.7 Å². The Bertz CT molecular complexity index is 851. The Morgan fingerprint density at radius 2 is 2.03 bits per heavy atom. The van der Waals surface area contributed by atoms with Crippen molar-refractivity contribution in [3.8, 4) is 22.8 Å². The zero-order chi connectivity index (χ0) is 20.2. The first-order valence-corrected chi connectivity index (χ1v) is 10.4. The number of nitrogens with zero attached hydrogens (tertiary/aromatic N) is 2. The van der Waals surface area contributed by atoms with Gasteiger partial charge in [0, 0.05) is 31.4 Å². The average molecular weight is 396 g/mol. The van der Waals surface area contributed by atoms with E-state index >= 15 is 0 Å². The molecule has 0 spiro atoms. The third-order valence-corrected chi connectivity index (χ3v) is 5.41. The molecule has 1 aromatic carbocycles. The Kier molecular flexibility index (Phi) is 6.00. The van der Waals surface area contributed by atoms with Crippen LogP contribution in [0.5, 0.6) is 11.5 Å². The second-order valence-corrected chi connectivity index (χ2v) is 8.31. The Morgan fingerprint density at radius 1 is 1.21 bits per heavy atom. The zero-order valence-corrected chi connectivity index (χ0v) is 17.2. The number of ether oxygens (including phenoxy) is 2. The molecule has 2 aliphatic heterocycles. The minimum absolute atomic E-state index is 0.0615. The zero-order valence-electron chi connectivity index (χ0n) is 17.2. The number of fused-ring (bicyclic) bond motifs is 1. The van der Waals surface area contributed by atoms with Crippen LogP contribution < -0.4 is 14.8 Å². The van der Waals surface area contributed by atoms with Gasteiger partial charge in [-0.2, -0.15) is 0 Å². The fourth-order valence-corrected chi connectivity index (χ4v) is 4.00. The first-order valence-electron chi connectivity index (χ1n) is 10.4. The van der Waals surface area contributed by atoms with Crippen LogP contribution in [0.1, 0.15) is 30.6 Å². The Labute approximate surface area is 172 Å². The van der Waals surface area contributed by atoms with Gasteiger partial charge in [0.1, 0.15) is 13.2 Å². The van der Waals surface area contributed by atoms with Gasteiger partial charge in [-0.3, -0.25) is 9.78 Å². The van der Waals surface area contributed by atoms with Crippen LogP contribution in [0.15, 0.2) is 36.5 Å². The van der Waals surface area contributed by atoms with Crippen molar-refractivity contribution in [1.29, 1.82) is 0 Å². The second-order valence-electron chi connectivity index (χ2n) is 8.31. The third kappa shape index (κ3) is 4.88. The van der Waals surface area contributed by atoms with Crippen molar-refractivity contribution < 1.29 is 14.3 Å². The number of benzene rings is 1. The molecule has 2 aliphatic rings. The van der Waals surface area contributed by atoms with Gasteiger partial charge in [-0.15, -0.1) is 0 Å². The average Bonchev–Trinajstić information content (AvgIpc) is 3.18. The molecule has 1 atom stereocenters. The summed E-state index contributed by atoms with van der Waals surface area (Å²) >= 11 is 0. The van der Waals surface area contributed by atoms with Gasteiger partial charge >= 0.3 is 0 Å². The predicted octanol–water partition coefficient (Wildman–Crippen LogP) is 3.23. The number of hydrogen-bond donors (Lipinski definition) is 1. The molecule has 4 rings (SSSR count). The molecule has 1 amide bonds. The van der Waals surface area contributed by atoms with E-state index in [0.29, 0.717) is 30.6 Å². The summed E-state index contributed by atoms with van der Waals surface area (Å²) in [5.41, 5.74) is 2.33. The molecular formula is C23H29N3O3. The lowest BCUT2D eigenvalue weighted by Crippen LogP contribution is -2.31. The maximum atomic E-state index is 12.5. The minimum Gasteiger partial charge on any atom is -0.486 e. The van der Waals surface area contributed by atoms with Gasteiger partial charge in [0.2, 0.25) is 0 Å². The fourth-order valence-electron chi connectivity index (χ4n) is 4.00. The Morgan fingerprint density at radius 3 is 2.79 bits per heavy atom. The van der Waals surface area contributed by atoms with E-state index in [0.717, 1.165) is 55.4 Å². The molecule has 1 saturated heterocycles. The summed E-state index contributed by atoms with van der Waals surface area (Å²) in [6, 6.07) is 9.49. The summed E-state index contributed by atoms with van der Waals surface area (Å²) in [4.78, 5) is 19.5. The molecule has 0 aliphatic carbocycles. The van der Waals surface area contributed by atoms with Crippen LogP contribution in [-0.2, 0) is 0 Å². The number of carbonyl (C=O) groups excluding carboxylic acids is 1. The maximum Gasteiger partial charge on any atom is 0.252 e. The number of aromatic nitrogens is 1. The molecule has 154 valence electrons. The standard InChI is InChI=1S/C23H29N3O3/c1-16(2)14-26-8-7-17(15-26)12-25-23(27)19-3-5-20(24-13-19)18-4-6-21-22(11-18)29-10-9-28-21/h3-6,11,13,16-17H,7-10,12,14-15H2,1-2H3,(H,25,27)/t17-/m1/s1. The number of likely N-dealkylation sites (tertiary alicyclic amines) is 1. The summed E-state index contributed by atoms with van der Waals surface area (Å²) in [5.74, 6) is 2.65. The summed E-state index contributed by atoms with van der Waals surface area (Å²) in [6.07, 6.45) is 2.79. The number of pyridine rings is 1. The van der Waals surface area contributed by atoms with E-state index in [1.807, 2.05) is 30.3 Å². The highest BCUT2D eigenvalue weighted by molar-refractivity contribution is 5.94. The second kappa shape index (κ2) is 8.82. The van der Waals surface area contributed by atoms with Crippen LogP contribution in [-0.4, -0.2) is 55.2 Å². The molecule has 1 N–H and O–H groups in total. The van der Waals surface area contributed by atoms with Crippen LogP contribution in [0.2, 0.25) is 0 Å². The van der Waals surface area contributed by atoms with Gasteiger partial charge in [-0.05, 0) is 55.1 Å². The molecule has 6 heteroatoms. The third-order valence-electron chi connectivity index (χ3n) is 5.41. The molecule has 0 saturated carbocycles. The van der Waals surface area contributed by atoms with Crippen molar-refractivity contribution >= 4 is 5.91 Å². The van der Waals surface area contributed by atoms with Gasteiger partial charge in [-0.25, -0.2) is 0 Å². The van der Waals surface area contributed by atoms with E-state index in [2.05, 4.69) is 29.0 Å². The normalized spacial score (nSPS) is 18.8. The first kappa shape index (κ1) is 19.7. The number of carbonyl (C=O) groups is 1. The van der Waals surface area contributed by atoms with E-state index in [-0.39, 0.29) is 5.91 Å². The quantitative estimate of drug-likeness (QED) is 0.814. The van der Waals surface area contributed by atoms with E-state index in [9.17, 15) is 4.79 Å². The van der Waals surface area contributed by atoms with Crippen LogP contribution >= 0.6 is 0 Å². The van der Waals surface area contributed by atoms with E-state index in [4.69, 9.17) is 9.47 Å². The topological polar surface area (TPSA) is 63.7 Å². The number of rotatable bonds is 6. The SMILES string of the molecule is CC(C)CN1CC[C@H](CNC(=O)c2ccc(-c3ccc4c(c3)OCCO4)nc2)C1. The van der Waals surface area contributed by atoms with E-state index < -0.39 is 0 Å². The predicted molar refractivity (Wildman–Crippen MR) is 112 cm³/mol. The molecule has 0 radical (unpaired) electrons. The van der Waals surface area contributed by atoms with Gasteiger partial charge in [0.05, 0.1) is 11.3 Å². The van der Waals surface area contributed by atoms with Crippen LogP contribution in [0.4, 0.5) is 0 Å². The van der Waals surface area contributed by atoms with E-state index in [1.165, 1.54) is 0 Å². The Balaban J connectivity index is 1.33. The number of hydrogen-bond acceptors (Lipinski definition) is 5.